The minimum Gasteiger partial charge on any atom is -0.508 e. The van der Waals surface area contributed by atoms with Crippen LogP contribution in [0.3, 0.4) is 0 Å². The predicted octanol–water partition coefficient (Wildman–Crippen LogP) is 0.447. The van der Waals surface area contributed by atoms with Crippen LogP contribution in [-0.4, -0.2) is 69.0 Å². The highest BCUT2D eigenvalue weighted by molar-refractivity contribution is 5.95. The van der Waals surface area contributed by atoms with Gasteiger partial charge in [-0.05, 0) is 41.7 Å². The molecular formula is C30H38N6O7. The van der Waals surface area contributed by atoms with Crippen molar-refractivity contribution in [2.45, 2.75) is 63.7 Å². The van der Waals surface area contributed by atoms with E-state index in [1.165, 1.54) is 12.1 Å². The van der Waals surface area contributed by atoms with Crippen LogP contribution in [-0.2, 0) is 36.8 Å². The van der Waals surface area contributed by atoms with Gasteiger partial charge in [-0.25, -0.2) is 4.79 Å². The van der Waals surface area contributed by atoms with Gasteiger partial charge in [0, 0.05) is 23.5 Å². The van der Waals surface area contributed by atoms with Crippen molar-refractivity contribution in [1.29, 1.82) is 0 Å². The SMILES string of the molecule is CCC(C)C(NC(=O)C(Cc1ccc(O)cc1)NC(=O)C(N)Cc1c[nH]c2ccccc12)C(=O)NC(CC(N)=O)C(=O)O. The van der Waals surface area contributed by atoms with E-state index in [0.717, 1.165) is 16.5 Å². The summed E-state index contributed by atoms with van der Waals surface area (Å²) in [5, 5.41) is 27.6. The number of fused-ring (bicyclic) bond motifs is 1. The number of carbonyl (C=O) groups excluding carboxylic acids is 4. The van der Waals surface area contributed by atoms with E-state index >= 15 is 0 Å². The van der Waals surface area contributed by atoms with Crippen molar-refractivity contribution in [2.24, 2.45) is 17.4 Å². The fourth-order valence-corrected chi connectivity index (χ4v) is 4.60. The second-order valence-electron chi connectivity index (χ2n) is 10.5. The normalized spacial score (nSPS) is 14.6. The molecule has 0 radical (unpaired) electrons. The monoisotopic (exact) mass is 594 g/mol. The van der Waals surface area contributed by atoms with E-state index in [-0.39, 0.29) is 18.6 Å². The Morgan fingerprint density at radius 2 is 1.53 bits per heavy atom. The fourth-order valence-electron chi connectivity index (χ4n) is 4.60. The molecule has 0 aliphatic carbocycles. The molecule has 43 heavy (non-hydrogen) atoms. The Balaban J connectivity index is 1.80. The number of phenolic OH excluding ortho intramolecular Hbond substituents is 1. The topological polar surface area (TPSA) is 230 Å². The van der Waals surface area contributed by atoms with Crippen molar-refractivity contribution >= 4 is 40.5 Å². The zero-order chi connectivity index (χ0) is 31.7. The molecule has 3 aromatic rings. The van der Waals surface area contributed by atoms with Gasteiger partial charge in [0.1, 0.15) is 23.9 Å². The predicted molar refractivity (Wildman–Crippen MR) is 158 cm³/mol. The number of carbonyl (C=O) groups is 5. The van der Waals surface area contributed by atoms with Gasteiger partial charge in [0.2, 0.25) is 23.6 Å². The van der Waals surface area contributed by atoms with E-state index in [4.69, 9.17) is 11.5 Å². The molecule has 1 aromatic heterocycles. The minimum absolute atomic E-state index is 0.00588. The number of rotatable bonds is 15. The highest BCUT2D eigenvalue weighted by Gasteiger charge is 2.33. The molecule has 2 aromatic carbocycles. The first-order valence-corrected chi connectivity index (χ1v) is 13.9. The van der Waals surface area contributed by atoms with Crippen molar-refractivity contribution < 1.29 is 34.2 Å². The molecule has 1 heterocycles. The van der Waals surface area contributed by atoms with Crippen LogP contribution in [0.5, 0.6) is 5.75 Å². The van der Waals surface area contributed by atoms with Crippen molar-refractivity contribution in [3.8, 4) is 5.75 Å². The third-order valence-corrected chi connectivity index (χ3v) is 7.27. The lowest BCUT2D eigenvalue weighted by Gasteiger charge is -2.28. The first-order chi connectivity index (χ1) is 20.4. The number of hydrogen-bond acceptors (Lipinski definition) is 7. The second kappa shape index (κ2) is 14.8. The van der Waals surface area contributed by atoms with Gasteiger partial charge >= 0.3 is 5.97 Å². The quantitative estimate of drug-likeness (QED) is 0.123. The molecular weight excluding hydrogens is 556 g/mol. The molecule has 5 atom stereocenters. The Bertz CT molecular complexity index is 1450. The van der Waals surface area contributed by atoms with Gasteiger partial charge in [-0.2, -0.15) is 0 Å². The standard InChI is InChI=1S/C30H38N6O7/c1-3-16(2)26(29(41)35-24(30(42)43)14-25(32)38)36-28(40)23(12-17-8-10-19(37)11-9-17)34-27(39)21(31)13-18-15-33-22-7-5-4-6-20(18)22/h4-11,15-16,21,23-24,26,33,37H,3,12-14,31H2,1-2H3,(H2,32,38)(H,34,39)(H,35,41)(H,36,40)(H,42,43). The van der Waals surface area contributed by atoms with Crippen LogP contribution in [0.25, 0.3) is 10.9 Å². The molecule has 0 fully saturated rings. The minimum atomic E-state index is -1.58. The number of phenols is 1. The van der Waals surface area contributed by atoms with Gasteiger partial charge in [0.15, 0.2) is 0 Å². The number of nitrogens with one attached hydrogen (secondary N) is 4. The Labute approximate surface area is 248 Å². The van der Waals surface area contributed by atoms with Crippen molar-refractivity contribution in [3.05, 3.63) is 65.9 Å². The molecule has 0 bridgehead atoms. The van der Waals surface area contributed by atoms with Crippen LogP contribution < -0.4 is 27.4 Å². The van der Waals surface area contributed by atoms with E-state index in [9.17, 15) is 34.2 Å². The molecule has 13 heteroatoms. The highest BCUT2D eigenvalue weighted by Crippen LogP contribution is 2.19. The first-order valence-electron chi connectivity index (χ1n) is 13.9. The van der Waals surface area contributed by atoms with E-state index in [0.29, 0.717) is 12.0 Å². The Morgan fingerprint density at radius 1 is 0.884 bits per heavy atom. The summed E-state index contributed by atoms with van der Waals surface area (Å²) in [6, 6.07) is 8.68. The summed E-state index contributed by atoms with van der Waals surface area (Å²) >= 11 is 0. The third-order valence-electron chi connectivity index (χ3n) is 7.27. The van der Waals surface area contributed by atoms with Crippen LogP contribution in [0.4, 0.5) is 0 Å². The maximum absolute atomic E-state index is 13.6. The molecule has 0 aliphatic rings. The summed E-state index contributed by atoms with van der Waals surface area (Å²) in [7, 11) is 0. The number of primary amides is 1. The van der Waals surface area contributed by atoms with Gasteiger partial charge in [-0.1, -0.05) is 50.6 Å². The fraction of sp³-hybridized carbons (Fsp3) is 0.367. The number of H-pyrrole nitrogens is 1. The Morgan fingerprint density at radius 3 is 2.16 bits per heavy atom. The number of hydrogen-bond donors (Lipinski definition) is 8. The number of amides is 4. The number of carboxylic acids is 1. The van der Waals surface area contributed by atoms with E-state index in [2.05, 4.69) is 20.9 Å². The van der Waals surface area contributed by atoms with Gasteiger partial charge in [-0.15, -0.1) is 0 Å². The van der Waals surface area contributed by atoms with E-state index in [1.807, 2.05) is 24.3 Å². The average Bonchev–Trinajstić information content (AvgIpc) is 3.37. The summed E-state index contributed by atoms with van der Waals surface area (Å²) in [6.07, 6.45) is 1.78. The van der Waals surface area contributed by atoms with Crippen molar-refractivity contribution in [2.75, 3.05) is 0 Å². The molecule has 5 unspecified atom stereocenters. The number of para-hydroxylation sites is 1. The number of aliphatic carboxylic acids is 1. The smallest absolute Gasteiger partial charge is 0.326 e. The van der Waals surface area contributed by atoms with E-state index < -0.39 is 66.1 Å². The lowest BCUT2D eigenvalue weighted by molar-refractivity contribution is -0.144. The molecule has 0 aliphatic heterocycles. The lowest BCUT2D eigenvalue weighted by Crippen LogP contribution is -2.59. The zero-order valence-corrected chi connectivity index (χ0v) is 24.0. The number of carboxylic acid groups (broad SMARTS) is 1. The number of aromatic hydroxyl groups is 1. The number of aromatic amines is 1. The van der Waals surface area contributed by atoms with Crippen LogP contribution in [0, 0.1) is 5.92 Å². The molecule has 0 saturated carbocycles. The Kier molecular flexibility index (Phi) is 11.2. The Hall–Kier alpha value is -4.91. The van der Waals surface area contributed by atoms with Gasteiger partial charge in [-0.3, -0.25) is 19.2 Å². The first kappa shape index (κ1) is 32.6. The molecule has 3 rings (SSSR count). The number of aromatic nitrogens is 1. The summed E-state index contributed by atoms with van der Waals surface area (Å²) < 4.78 is 0. The van der Waals surface area contributed by atoms with Crippen LogP contribution in [0.2, 0.25) is 0 Å². The molecule has 4 amide bonds. The number of benzene rings is 2. The maximum Gasteiger partial charge on any atom is 0.326 e. The summed E-state index contributed by atoms with van der Waals surface area (Å²) in [5.74, 6) is -4.92. The molecule has 10 N–H and O–H groups in total. The van der Waals surface area contributed by atoms with Crippen molar-refractivity contribution in [1.82, 2.24) is 20.9 Å². The van der Waals surface area contributed by atoms with Crippen LogP contribution in [0.15, 0.2) is 54.7 Å². The molecule has 13 nitrogen and oxygen atoms in total. The van der Waals surface area contributed by atoms with Crippen molar-refractivity contribution in [3.63, 3.8) is 0 Å². The van der Waals surface area contributed by atoms with Crippen LogP contribution in [0.1, 0.15) is 37.8 Å². The number of nitrogens with two attached hydrogens (primary N) is 2. The molecule has 0 saturated heterocycles. The van der Waals surface area contributed by atoms with Gasteiger partial charge in [0.05, 0.1) is 12.5 Å². The maximum atomic E-state index is 13.6. The molecule has 230 valence electrons. The average molecular weight is 595 g/mol. The van der Waals surface area contributed by atoms with Gasteiger partial charge in [0.25, 0.3) is 0 Å². The van der Waals surface area contributed by atoms with E-state index in [1.54, 1.807) is 32.2 Å². The lowest BCUT2D eigenvalue weighted by atomic mass is 9.96. The summed E-state index contributed by atoms with van der Waals surface area (Å²) in [4.78, 5) is 66.0. The second-order valence-corrected chi connectivity index (χ2v) is 10.5. The largest absolute Gasteiger partial charge is 0.508 e. The summed E-state index contributed by atoms with van der Waals surface area (Å²) in [5.41, 5.74) is 13.7. The zero-order valence-electron chi connectivity index (χ0n) is 24.0. The van der Waals surface area contributed by atoms with Crippen LogP contribution >= 0.6 is 0 Å². The molecule has 0 spiro atoms. The van der Waals surface area contributed by atoms with Gasteiger partial charge < -0.3 is 42.6 Å². The third kappa shape index (κ3) is 9.04. The highest BCUT2D eigenvalue weighted by atomic mass is 16.4. The summed E-state index contributed by atoms with van der Waals surface area (Å²) in [6.45, 7) is 3.48.